The molecule has 110 valence electrons. The molecule has 0 aliphatic carbocycles. The van der Waals surface area contributed by atoms with Crippen LogP contribution in [0.5, 0.6) is 5.75 Å². The predicted molar refractivity (Wildman–Crippen MR) is 76.8 cm³/mol. The molecule has 1 fully saturated rings. The zero-order valence-electron chi connectivity index (χ0n) is 11.9. The van der Waals surface area contributed by atoms with Gasteiger partial charge in [-0.05, 0) is 18.6 Å². The van der Waals surface area contributed by atoms with Gasteiger partial charge in [0.05, 0.1) is 26.3 Å². The number of carbonyl (C=O) groups is 2. The van der Waals surface area contributed by atoms with Crippen LogP contribution < -0.4 is 9.64 Å². The van der Waals surface area contributed by atoms with Crippen LogP contribution in [0.2, 0.25) is 0 Å². The summed E-state index contributed by atoms with van der Waals surface area (Å²) in [6, 6.07) is 9.28. The third-order valence-electron chi connectivity index (χ3n) is 3.34. The Hall–Kier alpha value is -2.55. The summed E-state index contributed by atoms with van der Waals surface area (Å²) in [7, 11) is 1.57. The molecule has 0 aromatic heterocycles. The van der Waals surface area contributed by atoms with Crippen LogP contribution in [0.4, 0.5) is 5.69 Å². The maximum atomic E-state index is 12.1. The van der Waals surface area contributed by atoms with Crippen molar-refractivity contribution in [1.82, 2.24) is 4.90 Å². The van der Waals surface area contributed by atoms with Gasteiger partial charge in [-0.1, -0.05) is 6.07 Å². The first-order valence-corrected chi connectivity index (χ1v) is 6.75. The molecule has 0 saturated carbocycles. The molecule has 0 unspecified atom stereocenters. The van der Waals surface area contributed by atoms with Crippen molar-refractivity contribution in [3.05, 3.63) is 24.3 Å². The van der Waals surface area contributed by atoms with E-state index in [2.05, 4.69) is 0 Å². The number of piperazine rings is 1. The van der Waals surface area contributed by atoms with Gasteiger partial charge in [-0.15, -0.1) is 0 Å². The SMILES string of the molecule is COc1cccc(N2CC(=O)N(CCCC#N)C(=O)C2)c1. The number of benzene rings is 1. The molecule has 1 aromatic rings. The van der Waals surface area contributed by atoms with Crippen molar-refractivity contribution in [3.63, 3.8) is 0 Å². The third kappa shape index (κ3) is 3.51. The van der Waals surface area contributed by atoms with Gasteiger partial charge in [-0.2, -0.15) is 5.26 Å². The van der Waals surface area contributed by atoms with Crippen molar-refractivity contribution < 1.29 is 14.3 Å². The van der Waals surface area contributed by atoms with Crippen molar-refractivity contribution in [3.8, 4) is 11.8 Å². The van der Waals surface area contributed by atoms with E-state index in [1.807, 2.05) is 24.3 Å². The average molecular weight is 287 g/mol. The number of unbranched alkanes of at least 4 members (excludes halogenated alkanes) is 1. The van der Waals surface area contributed by atoms with E-state index in [-0.39, 0.29) is 24.9 Å². The highest BCUT2D eigenvalue weighted by Crippen LogP contribution is 2.22. The number of methoxy groups -OCH3 is 1. The second kappa shape index (κ2) is 6.75. The maximum Gasteiger partial charge on any atom is 0.248 e. The number of nitrogens with zero attached hydrogens (tertiary/aromatic N) is 3. The molecule has 6 nitrogen and oxygen atoms in total. The first kappa shape index (κ1) is 14.9. The maximum absolute atomic E-state index is 12.1. The second-order valence-corrected chi connectivity index (χ2v) is 4.76. The van der Waals surface area contributed by atoms with Crippen molar-refractivity contribution in [1.29, 1.82) is 5.26 Å². The van der Waals surface area contributed by atoms with Gasteiger partial charge in [0, 0.05) is 24.7 Å². The van der Waals surface area contributed by atoms with Gasteiger partial charge in [0.2, 0.25) is 11.8 Å². The predicted octanol–water partition coefficient (Wildman–Crippen LogP) is 1.17. The van der Waals surface area contributed by atoms with Gasteiger partial charge < -0.3 is 9.64 Å². The number of hydrogen-bond acceptors (Lipinski definition) is 5. The number of amides is 2. The highest BCUT2D eigenvalue weighted by Gasteiger charge is 2.30. The first-order chi connectivity index (χ1) is 10.2. The van der Waals surface area contributed by atoms with Crippen molar-refractivity contribution in [2.45, 2.75) is 12.8 Å². The molecule has 0 N–H and O–H groups in total. The lowest BCUT2D eigenvalue weighted by Crippen LogP contribution is -2.54. The molecule has 0 atom stereocenters. The molecule has 1 aliphatic rings. The number of hydrogen-bond donors (Lipinski definition) is 0. The molecular weight excluding hydrogens is 270 g/mol. The molecule has 0 radical (unpaired) electrons. The Bertz CT molecular complexity index is 562. The molecule has 1 aliphatic heterocycles. The lowest BCUT2D eigenvalue weighted by Gasteiger charge is -2.34. The summed E-state index contributed by atoms with van der Waals surface area (Å²) in [5, 5.41) is 8.51. The summed E-state index contributed by atoms with van der Waals surface area (Å²) >= 11 is 0. The Kier molecular flexibility index (Phi) is 4.77. The lowest BCUT2D eigenvalue weighted by atomic mass is 10.2. The second-order valence-electron chi connectivity index (χ2n) is 4.76. The molecule has 2 rings (SSSR count). The number of nitriles is 1. The Morgan fingerprint density at radius 1 is 1.29 bits per heavy atom. The standard InChI is InChI=1S/C15H17N3O3/c1-21-13-6-4-5-12(9-13)17-10-14(19)18(15(20)11-17)8-3-2-7-16/h4-6,9H,2-3,8,10-11H2,1H3. The van der Waals surface area contributed by atoms with Crippen molar-refractivity contribution >= 4 is 17.5 Å². The van der Waals surface area contributed by atoms with E-state index >= 15 is 0 Å². The molecule has 0 bridgehead atoms. The number of ether oxygens (including phenoxy) is 1. The summed E-state index contributed by atoms with van der Waals surface area (Å²) < 4.78 is 5.15. The highest BCUT2D eigenvalue weighted by atomic mass is 16.5. The third-order valence-corrected chi connectivity index (χ3v) is 3.34. The highest BCUT2D eigenvalue weighted by molar-refractivity contribution is 6.02. The zero-order valence-corrected chi connectivity index (χ0v) is 11.9. The minimum atomic E-state index is -0.230. The fourth-order valence-corrected chi connectivity index (χ4v) is 2.25. The van der Waals surface area contributed by atoms with Gasteiger partial charge in [0.25, 0.3) is 0 Å². The summed E-state index contributed by atoms with van der Waals surface area (Å²) in [5.41, 5.74) is 0.785. The van der Waals surface area contributed by atoms with E-state index in [4.69, 9.17) is 10.00 Å². The molecular formula is C15H17N3O3. The van der Waals surface area contributed by atoms with Gasteiger partial charge in [-0.25, -0.2) is 0 Å². The molecule has 21 heavy (non-hydrogen) atoms. The molecule has 6 heteroatoms. The Morgan fingerprint density at radius 3 is 2.62 bits per heavy atom. The average Bonchev–Trinajstić information content (AvgIpc) is 2.50. The molecule has 1 saturated heterocycles. The van der Waals surface area contributed by atoms with Gasteiger partial charge >= 0.3 is 0 Å². The molecule has 0 spiro atoms. The smallest absolute Gasteiger partial charge is 0.248 e. The minimum Gasteiger partial charge on any atom is -0.497 e. The van der Waals surface area contributed by atoms with Crippen LogP contribution in [-0.2, 0) is 9.59 Å². The number of carbonyl (C=O) groups excluding carboxylic acids is 2. The molecule has 2 amide bonds. The molecule has 1 heterocycles. The van der Waals surface area contributed by atoms with Crippen LogP contribution in [-0.4, -0.2) is 43.5 Å². The number of anilines is 1. The van der Waals surface area contributed by atoms with Gasteiger partial charge in [-0.3, -0.25) is 14.5 Å². The zero-order chi connectivity index (χ0) is 15.2. The normalized spacial score (nSPS) is 15.0. The van der Waals surface area contributed by atoms with Crippen molar-refractivity contribution in [2.75, 3.05) is 31.6 Å². The lowest BCUT2D eigenvalue weighted by molar-refractivity contribution is -0.145. The fourth-order valence-electron chi connectivity index (χ4n) is 2.25. The summed E-state index contributed by atoms with van der Waals surface area (Å²) in [6.07, 6.45) is 0.865. The minimum absolute atomic E-state index is 0.158. The van der Waals surface area contributed by atoms with Crippen LogP contribution >= 0.6 is 0 Å². The van der Waals surface area contributed by atoms with Crippen LogP contribution in [0.1, 0.15) is 12.8 Å². The number of rotatable bonds is 5. The van der Waals surface area contributed by atoms with Crippen LogP contribution in [0.3, 0.4) is 0 Å². The van der Waals surface area contributed by atoms with Crippen molar-refractivity contribution in [2.24, 2.45) is 0 Å². The van der Waals surface area contributed by atoms with E-state index in [1.54, 1.807) is 18.1 Å². The monoisotopic (exact) mass is 287 g/mol. The van der Waals surface area contributed by atoms with Crippen LogP contribution in [0.25, 0.3) is 0 Å². The van der Waals surface area contributed by atoms with Crippen LogP contribution in [0, 0.1) is 11.3 Å². The Labute approximate surface area is 123 Å². The summed E-state index contributed by atoms with van der Waals surface area (Å²) in [6.45, 7) is 0.633. The van der Waals surface area contributed by atoms with E-state index in [1.165, 1.54) is 4.90 Å². The van der Waals surface area contributed by atoms with Gasteiger partial charge in [0.15, 0.2) is 0 Å². The Morgan fingerprint density at radius 2 is 2.00 bits per heavy atom. The van der Waals surface area contributed by atoms with E-state index in [0.717, 1.165) is 5.69 Å². The summed E-state index contributed by atoms with van der Waals surface area (Å²) in [5.74, 6) is 0.225. The fraction of sp³-hybridized carbons (Fsp3) is 0.400. The topological polar surface area (TPSA) is 73.6 Å². The van der Waals surface area contributed by atoms with E-state index in [0.29, 0.717) is 25.1 Å². The number of imide groups is 1. The first-order valence-electron chi connectivity index (χ1n) is 6.75. The largest absolute Gasteiger partial charge is 0.497 e. The van der Waals surface area contributed by atoms with E-state index in [9.17, 15) is 9.59 Å². The quantitative estimate of drug-likeness (QED) is 0.600. The molecule has 1 aromatic carbocycles. The van der Waals surface area contributed by atoms with Crippen LogP contribution in [0.15, 0.2) is 24.3 Å². The summed E-state index contributed by atoms with van der Waals surface area (Å²) in [4.78, 5) is 27.1. The Balaban J connectivity index is 2.05. The van der Waals surface area contributed by atoms with E-state index < -0.39 is 0 Å². The van der Waals surface area contributed by atoms with Gasteiger partial charge in [0.1, 0.15) is 5.75 Å².